The average Bonchev–Trinajstić information content (AvgIpc) is 2.78. The van der Waals surface area contributed by atoms with Crippen LogP contribution in [0.15, 0.2) is 51.7 Å². The standard InChI is InChI=1S/C23H23BrF2N4O3/c1-14-28-21(33-13-17-8-9-18(25)10-19(17)26)20(24)22(31)30(14)12-16-6-4-15(5-7-16)11-27-23(32)29(2)3/h4-10H,11-13H2,1-3H3,(H,27,32). The molecule has 0 radical (unpaired) electrons. The number of rotatable bonds is 7. The van der Waals surface area contributed by atoms with Crippen molar-refractivity contribution in [1.82, 2.24) is 19.8 Å². The summed E-state index contributed by atoms with van der Waals surface area (Å²) in [6.45, 7) is 2.15. The van der Waals surface area contributed by atoms with Gasteiger partial charge in [0.25, 0.3) is 5.56 Å². The van der Waals surface area contributed by atoms with Crippen LogP contribution in [0.3, 0.4) is 0 Å². The maximum absolute atomic E-state index is 13.8. The summed E-state index contributed by atoms with van der Waals surface area (Å²) in [6.07, 6.45) is 0. The number of ether oxygens (including phenoxy) is 1. The zero-order chi connectivity index (χ0) is 24.1. The third kappa shape index (κ3) is 6.16. The van der Waals surface area contributed by atoms with Crippen molar-refractivity contribution in [3.05, 3.63) is 91.4 Å². The summed E-state index contributed by atoms with van der Waals surface area (Å²) in [7, 11) is 3.34. The minimum absolute atomic E-state index is 0.0319. The van der Waals surface area contributed by atoms with Crippen molar-refractivity contribution in [3.63, 3.8) is 0 Å². The van der Waals surface area contributed by atoms with E-state index in [2.05, 4.69) is 26.2 Å². The average molecular weight is 521 g/mol. The van der Waals surface area contributed by atoms with E-state index in [1.54, 1.807) is 21.0 Å². The number of aromatic nitrogens is 2. The first kappa shape index (κ1) is 24.4. The van der Waals surface area contributed by atoms with Gasteiger partial charge in [-0.05, 0) is 46.1 Å². The Kier molecular flexibility index (Phi) is 7.80. The van der Waals surface area contributed by atoms with Gasteiger partial charge in [-0.15, -0.1) is 0 Å². The first-order valence-electron chi connectivity index (χ1n) is 10.0. The summed E-state index contributed by atoms with van der Waals surface area (Å²) in [5.74, 6) is -0.967. The fourth-order valence-corrected chi connectivity index (χ4v) is 3.38. The molecule has 1 N–H and O–H groups in total. The van der Waals surface area contributed by atoms with Crippen molar-refractivity contribution < 1.29 is 18.3 Å². The first-order chi connectivity index (χ1) is 15.7. The Bertz CT molecular complexity index is 1210. The Morgan fingerprint density at radius 1 is 1.15 bits per heavy atom. The quantitative estimate of drug-likeness (QED) is 0.511. The molecule has 0 bridgehead atoms. The Morgan fingerprint density at radius 3 is 2.45 bits per heavy atom. The van der Waals surface area contributed by atoms with Crippen LogP contribution in [-0.2, 0) is 19.7 Å². The van der Waals surface area contributed by atoms with Gasteiger partial charge in [0.1, 0.15) is 28.5 Å². The number of hydrogen-bond donors (Lipinski definition) is 1. The largest absolute Gasteiger partial charge is 0.472 e. The lowest BCUT2D eigenvalue weighted by atomic mass is 10.1. The van der Waals surface area contributed by atoms with Crippen LogP contribution in [0.5, 0.6) is 5.88 Å². The van der Waals surface area contributed by atoms with E-state index in [1.165, 1.54) is 15.5 Å². The molecule has 174 valence electrons. The molecule has 0 aliphatic heterocycles. The molecular weight excluding hydrogens is 498 g/mol. The fraction of sp³-hybridized carbons (Fsp3) is 0.261. The molecule has 2 amide bonds. The molecule has 0 aliphatic carbocycles. The number of hydrogen-bond acceptors (Lipinski definition) is 4. The van der Waals surface area contributed by atoms with Crippen LogP contribution in [0.2, 0.25) is 0 Å². The number of carbonyl (C=O) groups is 1. The molecule has 0 saturated heterocycles. The van der Waals surface area contributed by atoms with E-state index in [4.69, 9.17) is 4.74 Å². The number of benzene rings is 2. The summed E-state index contributed by atoms with van der Waals surface area (Å²) in [5.41, 5.74) is 1.60. The minimum atomic E-state index is -0.735. The molecule has 0 saturated carbocycles. The zero-order valence-electron chi connectivity index (χ0n) is 18.4. The molecule has 0 atom stereocenters. The molecule has 33 heavy (non-hydrogen) atoms. The fourth-order valence-electron chi connectivity index (χ4n) is 2.96. The smallest absolute Gasteiger partial charge is 0.317 e. The normalized spacial score (nSPS) is 10.7. The van der Waals surface area contributed by atoms with Crippen LogP contribution < -0.4 is 15.6 Å². The molecule has 7 nitrogen and oxygen atoms in total. The van der Waals surface area contributed by atoms with Crippen molar-refractivity contribution in [2.75, 3.05) is 14.1 Å². The van der Waals surface area contributed by atoms with Crippen LogP contribution >= 0.6 is 15.9 Å². The Balaban J connectivity index is 1.71. The van der Waals surface area contributed by atoms with Crippen LogP contribution in [0.25, 0.3) is 0 Å². The van der Waals surface area contributed by atoms with Crippen molar-refractivity contribution in [2.45, 2.75) is 26.6 Å². The van der Waals surface area contributed by atoms with Crippen LogP contribution in [-0.4, -0.2) is 34.6 Å². The first-order valence-corrected chi connectivity index (χ1v) is 10.8. The van der Waals surface area contributed by atoms with Crippen molar-refractivity contribution >= 4 is 22.0 Å². The molecule has 0 spiro atoms. The summed E-state index contributed by atoms with van der Waals surface area (Å²) in [4.78, 5) is 30.3. The van der Waals surface area contributed by atoms with E-state index in [1.807, 2.05) is 24.3 Å². The highest BCUT2D eigenvalue weighted by molar-refractivity contribution is 9.10. The SMILES string of the molecule is Cc1nc(OCc2ccc(F)cc2F)c(Br)c(=O)n1Cc1ccc(CNC(=O)N(C)C)cc1. The second-order valence-corrected chi connectivity index (χ2v) is 8.36. The summed E-state index contributed by atoms with van der Waals surface area (Å²) >= 11 is 3.22. The van der Waals surface area contributed by atoms with Gasteiger partial charge in [0, 0.05) is 32.3 Å². The van der Waals surface area contributed by atoms with E-state index >= 15 is 0 Å². The van der Waals surface area contributed by atoms with Crippen LogP contribution in [0.1, 0.15) is 22.5 Å². The number of nitrogens with one attached hydrogen (secondary N) is 1. The highest BCUT2D eigenvalue weighted by Gasteiger charge is 2.15. The van der Waals surface area contributed by atoms with E-state index < -0.39 is 11.6 Å². The van der Waals surface area contributed by atoms with Crippen LogP contribution in [0.4, 0.5) is 13.6 Å². The lowest BCUT2D eigenvalue weighted by Gasteiger charge is -2.14. The molecular formula is C23H23BrF2N4O3. The highest BCUT2D eigenvalue weighted by atomic mass is 79.9. The van der Waals surface area contributed by atoms with Gasteiger partial charge in [-0.3, -0.25) is 9.36 Å². The molecule has 0 fully saturated rings. The topological polar surface area (TPSA) is 76.5 Å². The number of nitrogens with zero attached hydrogens (tertiary/aromatic N) is 3. The van der Waals surface area contributed by atoms with Gasteiger partial charge < -0.3 is 15.0 Å². The van der Waals surface area contributed by atoms with Gasteiger partial charge >= 0.3 is 6.03 Å². The monoisotopic (exact) mass is 520 g/mol. The van der Waals surface area contributed by atoms with Gasteiger partial charge in [-0.2, -0.15) is 4.98 Å². The van der Waals surface area contributed by atoms with E-state index in [9.17, 15) is 18.4 Å². The maximum Gasteiger partial charge on any atom is 0.317 e. The lowest BCUT2D eigenvalue weighted by Crippen LogP contribution is -2.33. The Hall–Kier alpha value is -3.27. The molecule has 0 unspecified atom stereocenters. The molecule has 3 rings (SSSR count). The Morgan fingerprint density at radius 2 is 1.82 bits per heavy atom. The number of amides is 2. The number of carbonyl (C=O) groups excluding carboxylic acids is 1. The third-order valence-electron chi connectivity index (χ3n) is 4.87. The van der Waals surface area contributed by atoms with Gasteiger partial charge in [0.05, 0.1) is 6.54 Å². The molecule has 3 aromatic rings. The maximum atomic E-state index is 13.8. The predicted octanol–water partition coefficient (Wildman–Crippen LogP) is 3.99. The summed E-state index contributed by atoms with van der Waals surface area (Å²) < 4.78 is 34.0. The zero-order valence-corrected chi connectivity index (χ0v) is 19.9. The summed E-state index contributed by atoms with van der Waals surface area (Å²) in [5, 5.41) is 2.79. The summed E-state index contributed by atoms with van der Waals surface area (Å²) in [6, 6.07) is 10.5. The number of urea groups is 1. The van der Waals surface area contributed by atoms with Crippen molar-refractivity contribution in [3.8, 4) is 5.88 Å². The third-order valence-corrected chi connectivity index (χ3v) is 5.55. The van der Waals surface area contributed by atoms with E-state index in [-0.39, 0.29) is 40.7 Å². The van der Waals surface area contributed by atoms with Gasteiger partial charge in [-0.1, -0.05) is 24.3 Å². The van der Waals surface area contributed by atoms with Gasteiger partial charge in [0.2, 0.25) is 5.88 Å². The van der Waals surface area contributed by atoms with Crippen molar-refractivity contribution in [2.24, 2.45) is 0 Å². The number of halogens is 3. The predicted molar refractivity (Wildman–Crippen MR) is 123 cm³/mol. The molecule has 1 aromatic heterocycles. The number of aryl methyl sites for hydroxylation is 1. The van der Waals surface area contributed by atoms with E-state index in [0.717, 1.165) is 23.3 Å². The minimum Gasteiger partial charge on any atom is -0.472 e. The Labute approximate surface area is 198 Å². The molecule has 2 aromatic carbocycles. The second kappa shape index (κ2) is 10.6. The van der Waals surface area contributed by atoms with Gasteiger partial charge in [0.15, 0.2) is 0 Å². The highest BCUT2D eigenvalue weighted by Crippen LogP contribution is 2.21. The van der Waals surface area contributed by atoms with E-state index in [0.29, 0.717) is 12.4 Å². The second-order valence-electron chi connectivity index (χ2n) is 7.56. The molecule has 1 heterocycles. The van der Waals surface area contributed by atoms with Gasteiger partial charge in [-0.25, -0.2) is 13.6 Å². The van der Waals surface area contributed by atoms with Crippen LogP contribution in [0, 0.1) is 18.6 Å². The lowest BCUT2D eigenvalue weighted by molar-refractivity contribution is 0.217. The van der Waals surface area contributed by atoms with Crippen molar-refractivity contribution in [1.29, 1.82) is 0 Å². The molecule has 10 heteroatoms. The molecule has 0 aliphatic rings.